The van der Waals surface area contributed by atoms with E-state index in [1.54, 1.807) is 0 Å². The summed E-state index contributed by atoms with van der Waals surface area (Å²) in [4.78, 5) is 29.9. The third-order valence-corrected chi connectivity index (χ3v) is 0.822. The second kappa shape index (κ2) is 6.84. The van der Waals surface area contributed by atoms with Gasteiger partial charge in [-0.3, -0.25) is 0 Å². The van der Waals surface area contributed by atoms with Crippen LogP contribution >= 0.6 is 0 Å². The molecule has 0 amide bonds. The SMILES string of the molecule is O=C(O)COC(C(=O)O)C(=O)O.[Na]. The van der Waals surface area contributed by atoms with E-state index in [1.165, 1.54) is 0 Å². The van der Waals surface area contributed by atoms with Crippen LogP contribution < -0.4 is 0 Å². The summed E-state index contributed by atoms with van der Waals surface area (Å²) in [5.74, 6) is -4.89. The monoisotopic (exact) mass is 201 g/mol. The van der Waals surface area contributed by atoms with Crippen LogP contribution in [0, 0.1) is 0 Å². The predicted octanol–water partition coefficient (Wildman–Crippen LogP) is -1.76. The topological polar surface area (TPSA) is 121 Å². The summed E-state index contributed by atoms with van der Waals surface area (Å²) in [5, 5.41) is 24.3. The Morgan fingerprint density at radius 1 is 1.08 bits per heavy atom. The van der Waals surface area contributed by atoms with Gasteiger partial charge in [-0.25, -0.2) is 14.4 Å². The number of aliphatic carboxylic acids is 3. The number of hydrogen-bond donors (Lipinski definition) is 3. The molecule has 69 valence electrons. The Morgan fingerprint density at radius 2 is 1.46 bits per heavy atom. The van der Waals surface area contributed by atoms with Crippen LogP contribution in [0.5, 0.6) is 0 Å². The summed E-state index contributed by atoms with van der Waals surface area (Å²) in [7, 11) is 0. The van der Waals surface area contributed by atoms with Gasteiger partial charge in [0.25, 0.3) is 6.10 Å². The van der Waals surface area contributed by atoms with Crippen LogP contribution in [0.4, 0.5) is 0 Å². The van der Waals surface area contributed by atoms with Crippen LogP contribution in [0.1, 0.15) is 0 Å². The van der Waals surface area contributed by atoms with Gasteiger partial charge in [0.1, 0.15) is 6.61 Å². The van der Waals surface area contributed by atoms with Crippen molar-refractivity contribution in [2.45, 2.75) is 6.10 Å². The zero-order chi connectivity index (χ0) is 9.72. The van der Waals surface area contributed by atoms with Gasteiger partial charge in [0.15, 0.2) is 0 Å². The molecule has 0 aliphatic heterocycles. The van der Waals surface area contributed by atoms with Crippen molar-refractivity contribution in [3.05, 3.63) is 0 Å². The van der Waals surface area contributed by atoms with Crippen molar-refractivity contribution in [2.24, 2.45) is 0 Å². The largest absolute Gasteiger partial charge is 0.480 e. The first-order valence-corrected chi connectivity index (χ1v) is 2.74. The molecule has 7 nitrogen and oxygen atoms in total. The molecule has 1 radical (unpaired) electrons. The number of rotatable bonds is 5. The van der Waals surface area contributed by atoms with Gasteiger partial charge in [0.2, 0.25) is 0 Å². The van der Waals surface area contributed by atoms with Crippen LogP contribution in [0.2, 0.25) is 0 Å². The van der Waals surface area contributed by atoms with E-state index in [0.29, 0.717) is 0 Å². The Labute approximate surface area is 94.6 Å². The zero-order valence-electron chi connectivity index (χ0n) is 6.76. The van der Waals surface area contributed by atoms with E-state index < -0.39 is 30.6 Å². The molecule has 0 spiro atoms. The molecule has 0 unspecified atom stereocenters. The number of carboxylic acid groups (broad SMARTS) is 3. The van der Waals surface area contributed by atoms with Crippen molar-refractivity contribution in [2.75, 3.05) is 6.61 Å². The quantitative estimate of drug-likeness (QED) is 0.356. The Kier molecular flexibility index (Phi) is 7.82. The van der Waals surface area contributed by atoms with Crippen LogP contribution in [0.15, 0.2) is 0 Å². The molecule has 0 aromatic carbocycles. The smallest absolute Gasteiger partial charge is 0.344 e. The van der Waals surface area contributed by atoms with Gasteiger partial charge in [-0.05, 0) is 0 Å². The van der Waals surface area contributed by atoms with Gasteiger partial charge in [-0.2, -0.15) is 0 Å². The Hall–Kier alpha value is -0.630. The summed E-state index contributed by atoms with van der Waals surface area (Å²) in [6, 6.07) is 0. The van der Waals surface area contributed by atoms with Crippen LogP contribution in [0.25, 0.3) is 0 Å². The molecule has 0 fully saturated rings. The first-order chi connectivity index (χ1) is 5.45. The molecule has 0 saturated carbocycles. The molecule has 0 aromatic heterocycles. The third kappa shape index (κ3) is 6.52. The van der Waals surface area contributed by atoms with Gasteiger partial charge in [0, 0.05) is 29.6 Å². The van der Waals surface area contributed by atoms with Crippen molar-refractivity contribution in [1.29, 1.82) is 0 Å². The molecule has 0 atom stereocenters. The van der Waals surface area contributed by atoms with Crippen molar-refractivity contribution < 1.29 is 34.4 Å². The van der Waals surface area contributed by atoms with Gasteiger partial charge in [-0.15, -0.1) is 0 Å². The predicted molar refractivity (Wildman–Crippen MR) is 38.4 cm³/mol. The number of hydrogen-bond acceptors (Lipinski definition) is 4. The Bertz CT molecular complexity index is 199. The fraction of sp³-hybridized carbons (Fsp3) is 0.400. The fourth-order valence-corrected chi connectivity index (χ4v) is 0.403. The molecule has 0 aliphatic rings. The summed E-state index contributed by atoms with van der Waals surface area (Å²) in [5.41, 5.74) is 0. The molecule has 0 aliphatic carbocycles. The van der Waals surface area contributed by atoms with E-state index >= 15 is 0 Å². The number of carboxylic acids is 3. The van der Waals surface area contributed by atoms with Crippen molar-refractivity contribution in [3.8, 4) is 0 Å². The number of ether oxygens (including phenoxy) is 1. The molecule has 0 bridgehead atoms. The van der Waals surface area contributed by atoms with E-state index in [4.69, 9.17) is 15.3 Å². The second-order valence-electron chi connectivity index (χ2n) is 1.76. The van der Waals surface area contributed by atoms with Crippen molar-refractivity contribution in [1.82, 2.24) is 0 Å². The third-order valence-electron chi connectivity index (χ3n) is 0.822. The van der Waals surface area contributed by atoms with E-state index in [-0.39, 0.29) is 29.6 Å². The van der Waals surface area contributed by atoms with E-state index in [9.17, 15) is 14.4 Å². The molecule has 0 heterocycles. The standard InChI is InChI=1S/C5H6O7.Na/c6-2(7)1-12-3(4(8)9)5(10)11;/h3H,1H2,(H,6,7)(H,8,9)(H,10,11);. The maximum Gasteiger partial charge on any atom is 0.344 e. The van der Waals surface area contributed by atoms with Gasteiger partial charge in [-0.1, -0.05) is 0 Å². The minimum atomic E-state index is -2.12. The van der Waals surface area contributed by atoms with Crippen molar-refractivity contribution >= 4 is 47.5 Å². The average Bonchev–Trinajstić information content (AvgIpc) is 1.84. The fourth-order valence-electron chi connectivity index (χ4n) is 0.403. The maximum absolute atomic E-state index is 10.1. The van der Waals surface area contributed by atoms with Gasteiger partial charge < -0.3 is 20.1 Å². The molecular weight excluding hydrogens is 195 g/mol. The van der Waals surface area contributed by atoms with Crippen LogP contribution in [-0.2, 0) is 19.1 Å². The van der Waals surface area contributed by atoms with E-state index in [0.717, 1.165) is 0 Å². The van der Waals surface area contributed by atoms with Crippen molar-refractivity contribution in [3.63, 3.8) is 0 Å². The molecule has 8 heteroatoms. The first kappa shape index (κ1) is 14.9. The van der Waals surface area contributed by atoms with Crippen LogP contribution in [0.3, 0.4) is 0 Å². The normalized spacial score (nSPS) is 9.00. The summed E-state index contributed by atoms with van der Waals surface area (Å²) < 4.78 is 4.03. The summed E-state index contributed by atoms with van der Waals surface area (Å²) >= 11 is 0. The second-order valence-corrected chi connectivity index (χ2v) is 1.76. The minimum absolute atomic E-state index is 0. The van der Waals surface area contributed by atoms with Crippen LogP contribution in [-0.4, -0.2) is 75.5 Å². The average molecular weight is 201 g/mol. The van der Waals surface area contributed by atoms with Gasteiger partial charge in [0.05, 0.1) is 0 Å². The maximum atomic E-state index is 10.1. The first-order valence-electron chi connectivity index (χ1n) is 2.74. The zero-order valence-corrected chi connectivity index (χ0v) is 8.76. The molecule has 0 aromatic rings. The minimum Gasteiger partial charge on any atom is -0.480 e. The molecule has 13 heavy (non-hydrogen) atoms. The molecule has 0 rings (SSSR count). The Balaban J connectivity index is 0. The van der Waals surface area contributed by atoms with E-state index in [1.807, 2.05) is 0 Å². The summed E-state index contributed by atoms with van der Waals surface area (Å²) in [6.45, 7) is -0.955. The molecule has 0 saturated heterocycles. The molecule has 3 N–H and O–H groups in total. The van der Waals surface area contributed by atoms with Gasteiger partial charge >= 0.3 is 17.9 Å². The Morgan fingerprint density at radius 3 is 1.69 bits per heavy atom. The number of carbonyl (C=O) groups is 3. The summed E-state index contributed by atoms with van der Waals surface area (Å²) in [6.07, 6.45) is -2.12. The molecular formula is C5H6NaO7. The van der Waals surface area contributed by atoms with E-state index in [2.05, 4.69) is 4.74 Å².